The Kier molecular flexibility index (Phi) is 9.03. The van der Waals surface area contributed by atoms with Crippen LogP contribution in [0.4, 0.5) is 0 Å². The van der Waals surface area contributed by atoms with Gasteiger partial charge in [0.05, 0.1) is 12.6 Å². The smallest absolute Gasteiger partial charge is 0.216 e. The van der Waals surface area contributed by atoms with Crippen LogP contribution >= 0.6 is 15.9 Å². The molecule has 2 aromatic carbocycles. The zero-order chi connectivity index (χ0) is 25.5. The molecule has 0 radical (unpaired) electrons. The fraction of sp³-hybridized carbons (Fsp3) is 0.406. The van der Waals surface area contributed by atoms with E-state index >= 15 is 0 Å². The van der Waals surface area contributed by atoms with Crippen LogP contribution in [0, 0.1) is 11.8 Å². The monoisotopic (exact) mass is 547 g/mol. The van der Waals surface area contributed by atoms with E-state index in [2.05, 4.69) is 66.2 Å². The summed E-state index contributed by atoms with van der Waals surface area (Å²) >= 11 is 3.73. The first-order chi connectivity index (χ1) is 17.4. The molecule has 0 saturated heterocycles. The summed E-state index contributed by atoms with van der Waals surface area (Å²) in [6.07, 6.45) is 15.7. The van der Waals surface area contributed by atoms with E-state index in [1.54, 1.807) is 7.11 Å². The Morgan fingerprint density at radius 2 is 1.94 bits per heavy atom. The molecule has 36 heavy (non-hydrogen) atoms. The molecule has 0 spiro atoms. The second-order valence-corrected chi connectivity index (χ2v) is 11.1. The molecule has 0 bridgehead atoms. The maximum Gasteiger partial charge on any atom is 0.216 e. The number of pyridine rings is 1. The lowest BCUT2D eigenvalue weighted by Gasteiger charge is -2.31. The van der Waals surface area contributed by atoms with Gasteiger partial charge < -0.3 is 9.84 Å². The number of fused-ring (bicyclic) bond motifs is 1. The molecular weight excluding hydrogens is 510 g/mol. The minimum Gasteiger partial charge on any atom is -0.481 e. The summed E-state index contributed by atoms with van der Waals surface area (Å²) in [7, 11) is 1.69. The highest BCUT2D eigenvalue weighted by Crippen LogP contribution is 2.41. The summed E-state index contributed by atoms with van der Waals surface area (Å²) in [6, 6.07) is 16.4. The molecule has 0 fully saturated rings. The van der Waals surface area contributed by atoms with E-state index in [1.165, 1.54) is 12.8 Å². The van der Waals surface area contributed by atoms with E-state index in [4.69, 9.17) is 9.72 Å². The normalized spacial score (nSPS) is 17.8. The second kappa shape index (κ2) is 12.2. The summed E-state index contributed by atoms with van der Waals surface area (Å²) in [6.45, 7) is 4.55. The standard InChI is InChI=1S/C32H38BrNO2/c1-4-12-23(2)13-11-18-32(35,27-16-9-6-10-17-27)29-22-28(33)21-25-20-26(31(36-3)34-30(25)29)19-24-14-7-5-8-15-24/h5-10,14,16-17,20-24,35H,4,11-13,15,18-19H2,1-3H3. The summed E-state index contributed by atoms with van der Waals surface area (Å²) < 4.78 is 6.73. The van der Waals surface area contributed by atoms with Crippen LogP contribution < -0.4 is 4.74 Å². The van der Waals surface area contributed by atoms with E-state index in [1.807, 2.05) is 36.4 Å². The number of benzene rings is 2. The Morgan fingerprint density at radius 1 is 1.14 bits per heavy atom. The van der Waals surface area contributed by atoms with Gasteiger partial charge in [-0.2, -0.15) is 0 Å². The largest absolute Gasteiger partial charge is 0.481 e. The Balaban J connectivity index is 1.78. The Bertz CT molecular complexity index is 1220. The average molecular weight is 549 g/mol. The van der Waals surface area contributed by atoms with Crippen molar-refractivity contribution < 1.29 is 9.84 Å². The van der Waals surface area contributed by atoms with Gasteiger partial charge in [0.25, 0.3) is 0 Å². The van der Waals surface area contributed by atoms with Crippen molar-refractivity contribution >= 4 is 26.8 Å². The lowest BCUT2D eigenvalue weighted by molar-refractivity contribution is 0.0679. The molecule has 0 saturated carbocycles. The van der Waals surface area contributed by atoms with Crippen molar-refractivity contribution in [2.24, 2.45) is 11.8 Å². The third kappa shape index (κ3) is 6.10. The fourth-order valence-corrected chi connectivity index (χ4v) is 5.95. The lowest BCUT2D eigenvalue weighted by Crippen LogP contribution is -2.28. The topological polar surface area (TPSA) is 42.4 Å². The van der Waals surface area contributed by atoms with Crippen molar-refractivity contribution in [2.75, 3.05) is 7.11 Å². The van der Waals surface area contributed by atoms with Gasteiger partial charge in [-0.25, -0.2) is 4.98 Å². The van der Waals surface area contributed by atoms with Crippen molar-refractivity contribution in [3.8, 4) is 5.88 Å². The number of rotatable bonds is 11. The quantitative estimate of drug-likeness (QED) is 0.261. The SMILES string of the molecule is CCCC(C)CCCC(O)(c1ccccc1)c1cc(Br)cc2cc(CC3C=CC=CC3)c(OC)nc12. The maximum absolute atomic E-state index is 12.4. The van der Waals surface area contributed by atoms with Crippen molar-refractivity contribution in [3.05, 3.63) is 94.0 Å². The molecule has 1 aromatic heterocycles. The number of hydrogen-bond donors (Lipinski definition) is 1. The number of allylic oxidation sites excluding steroid dienone is 4. The molecule has 4 heteroatoms. The van der Waals surface area contributed by atoms with Crippen LogP contribution in [0.2, 0.25) is 0 Å². The molecule has 1 aliphatic rings. The minimum absolute atomic E-state index is 0.432. The van der Waals surface area contributed by atoms with E-state index in [-0.39, 0.29) is 0 Å². The zero-order valence-corrected chi connectivity index (χ0v) is 23.3. The number of methoxy groups -OCH3 is 1. The molecule has 4 rings (SSSR count). The van der Waals surface area contributed by atoms with Crippen LogP contribution in [-0.2, 0) is 12.0 Å². The van der Waals surface area contributed by atoms with E-state index in [9.17, 15) is 5.11 Å². The summed E-state index contributed by atoms with van der Waals surface area (Å²) in [5.41, 5.74) is 2.47. The second-order valence-electron chi connectivity index (χ2n) is 10.2. The van der Waals surface area contributed by atoms with E-state index < -0.39 is 5.60 Å². The fourth-order valence-electron chi connectivity index (χ4n) is 5.47. The van der Waals surface area contributed by atoms with E-state index in [0.29, 0.717) is 24.1 Å². The van der Waals surface area contributed by atoms with Gasteiger partial charge in [-0.3, -0.25) is 0 Å². The molecule has 190 valence electrons. The summed E-state index contributed by atoms with van der Waals surface area (Å²) in [5, 5.41) is 13.4. The van der Waals surface area contributed by atoms with Crippen molar-refractivity contribution in [1.82, 2.24) is 4.98 Å². The predicted molar refractivity (Wildman–Crippen MR) is 153 cm³/mol. The molecule has 1 heterocycles. The van der Waals surface area contributed by atoms with Gasteiger partial charge in [0.1, 0.15) is 5.60 Å². The zero-order valence-electron chi connectivity index (χ0n) is 21.7. The Morgan fingerprint density at radius 3 is 2.64 bits per heavy atom. The first-order valence-electron chi connectivity index (χ1n) is 13.2. The third-order valence-electron chi connectivity index (χ3n) is 7.38. The molecule has 0 aliphatic heterocycles. The molecular formula is C32H38BrNO2. The molecule has 0 amide bonds. The van der Waals surface area contributed by atoms with Gasteiger partial charge in [-0.05, 0) is 61.3 Å². The van der Waals surface area contributed by atoms with Crippen LogP contribution in [0.3, 0.4) is 0 Å². The number of aliphatic hydroxyl groups is 1. The number of ether oxygens (including phenoxy) is 1. The first-order valence-corrected chi connectivity index (χ1v) is 14.0. The summed E-state index contributed by atoms with van der Waals surface area (Å²) in [5.74, 6) is 1.72. The summed E-state index contributed by atoms with van der Waals surface area (Å²) in [4.78, 5) is 5.02. The van der Waals surface area contributed by atoms with Crippen molar-refractivity contribution in [3.63, 3.8) is 0 Å². The van der Waals surface area contributed by atoms with Crippen LogP contribution in [0.1, 0.15) is 69.1 Å². The number of aromatic nitrogens is 1. The minimum atomic E-state index is -1.15. The van der Waals surface area contributed by atoms with Gasteiger partial charge in [-0.15, -0.1) is 0 Å². The van der Waals surface area contributed by atoms with E-state index in [0.717, 1.165) is 57.7 Å². The number of halogens is 1. The van der Waals surface area contributed by atoms with Gasteiger partial charge in [0.15, 0.2) is 0 Å². The molecule has 3 unspecified atom stereocenters. The van der Waals surface area contributed by atoms with Gasteiger partial charge in [0, 0.05) is 21.0 Å². The van der Waals surface area contributed by atoms with Gasteiger partial charge in [-0.1, -0.05) is 104 Å². The maximum atomic E-state index is 12.4. The highest BCUT2D eigenvalue weighted by atomic mass is 79.9. The Hall–Kier alpha value is -2.43. The van der Waals surface area contributed by atoms with Crippen LogP contribution in [0.5, 0.6) is 5.88 Å². The number of hydrogen-bond acceptors (Lipinski definition) is 3. The highest BCUT2D eigenvalue weighted by molar-refractivity contribution is 9.10. The van der Waals surface area contributed by atoms with Crippen LogP contribution in [0.15, 0.2) is 77.3 Å². The lowest BCUT2D eigenvalue weighted by atomic mass is 9.80. The van der Waals surface area contributed by atoms with Gasteiger partial charge in [0.2, 0.25) is 5.88 Å². The predicted octanol–water partition coefficient (Wildman–Crippen LogP) is 8.52. The molecule has 3 nitrogen and oxygen atoms in total. The van der Waals surface area contributed by atoms with Crippen LogP contribution in [0.25, 0.3) is 10.9 Å². The Labute approximate surface area is 224 Å². The third-order valence-corrected chi connectivity index (χ3v) is 7.84. The first kappa shape index (κ1) is 26.6. The van der Waals surface area contributed by atoms with Crippen molar-refractivity contribution in [1.29, 1.82) is 0 Å². The number of nitrogens with zero attached hydrogens (tertiary/aromatic N) is 1. The molecule has 3 atom stereocenters. The van der Waals surface area contributed by atoms with Crippen molar-refractivity contribution in [2.45, 2.75) is 64.4 Å². The molecule has 3 aromatic rings. The molecule has 1 N–H and O–H groups in total. The molecule has 1 aliphatic carbocycles. The van der Waals surface area contributed by atoms with Gasteiger partial charge >= 0.3 is 0 Å². The average Bonchev–Trinajstić information content (AvgIpc) is 2.89. The highest BCUT2D eigenvalue weighted by Gasteiger charge is 2.34. The van der Waals surface area contributed by atoms with Crippen LogP contribution in [-0.4, -0.2) is 17.2 Å².